The highest BCUT2D eigenvalue weighted by molar-refractivity contribution is 5.84. The van der Waals surface area contributed by atoms with Crippen molar-refractivity contribution in [2.45, 2.75) is 25.7 Å². The van der Waals surface area contributed by atoms with E-state index in [0.29, 0.717) is 44.6 Å². The monoisotopic (exact) mass is 474 g/mol. The standard InChI is InChI=1S/C29H31FN2O3/c30-25-13-11-24(12-14-25)21-29(28(34)31-18-15-23-7-3-1-4-8-23)16-19-32(20-17-29)27(33)22-35-26-9-5-2-6-10-26/h1-14H,15-22H2,(H,31,34). The van der Waals surface area contributed by atoms with Gasteiger partial charge in [-0.1, -0.05) is 60.7 Å². The Balaban J connectivity index is 1.38. The Kier molecular flexibility index (Phi) is 8.14. The normalized spacial score (nSPS) is 14.8. The number of hydrogen-bond donors (Lipinski definition) is 1. The van der Waals surface area contributed by atoms with Gasteiger partial charge < -0.3 is 15.0 Å². The molecule has 0 radical (unpaired) electrons. The van der Waals surface area contributed by atoms with Crippen LogP contribution < -0.4 is 10.1 Å². The van der Waals surface area contributed by atoms with Crippen LogP contribution in [0.15, 0.2) is 84.9 Å². The molecule has 4 rings (SSSR count). The van der Waals surface area contributed by atoms with Crippen LogP contribution in [0.1, 0.15) is 24.0 Å². The van der Waals surface area contributed by atoms with Gasteiger partial charge in [0.15, 0.2) is 6.61 Å². The average molecular weight is 475 g/mol. The van der Waals surface area contributed by atoms with Crippen LogP contribution in [0.3, 0.4) is 0 Å². The molecule has 1 N–H and O–H groups in total. The third-order valence-electron chi connectivity index (χ3n) is 6.66. The van der Waals surface area contributed by atoms with Crippen LogP contribution in [0.2, 0.25) is 0 Å². The van der Waals surface area contributed by atoms with E-state index in [0.717, 1.165) is 12.0 Å². The zero-order valence-corrected chi connectivity index (χ0v) is 19.8. The van der Waals surface area contributed by atoms with E-state index >= 15 is 0 Å². The summed E-state index contributed by atoms with van der Waals surface area (Å²) in [6.45, 7) is 1.47. The van der Waals surface area contributed by atoms with Crippen molar-refractivity contribution < 1.29 is 18.7 Å². The smallest absolute Gasteiger partial charge is 0.260 e. The zero-order valence-electron chi connectivity index (χ0n) is 19.8. The van der Waals surface area contributed by atoms with Gasteiger partial charge in [0.1, 0.15) is 11.6 Å². The lowest BCUT2D eigenvalue weighted by molar-refractivity contribution is -0.141. The summed E-state index contributed by atoms with van der Waals surface area (Å²) < 4.78 is 19.1. The van der Waals surface area contributed by atoms with Gasteiger partial charge in [0, 0.05) is 19.6 Å². The quantitative estimate of drug-likeness (QED) is 0.500. The van der Waals surface area contributed by atoms with E-state index in [1.165, 1.54) is 17.7 Å². The summed E-state index contributed by atoms with van der Waals surface area (Å²) in [4.78, 5) is 28.0. The van der Waals surface area contributed by atoms with Gasteiger partial charge in [-0.05, 0) is 61.1 Å². The van der Waals surface area contributed by atoms with Gasteiger partial charge in [0.05, 0.1) is 5.41 Å². The van der Waals surface area contributed by atoms with E-state index in [9.17, 15) is 14.0 Å². The van der Waals surface area contributed by atoms with Gasteiger partial charge in [0.25, 0.3) is 5.91 Å². The van der Waals surface area contributed by atoms with Gasteiger partial charge in [-0.3, -0.25) is 9.59 Å². The first-order valence-electron chi connectivity index (χ1n) is 12.1. The maximum absolute atomic E-state index is 13.5. The van der Waals surface area contributed by atoms with Crippen LogP contribution in [0, 0.1) is 11.2 Å². The second kappa shape index (κ2) is 11.6. The number of rotatable bonds is 9. The molecule has 6 heteroatoms. The second-order valence-corrected chi connectivity index (χ2v) is 9.06. The summed E-state index contributed by atoms with van der Waals surface area (Å²) in [5.41, 5.74) is 1.43. The largest absolute Gasteiger partial charge is 0.484 e. The van der Waals surface area contributed by atoms with Crippen LogP contribution in [0.25, 0.3) is 0 Å². The molecule has 1 saturated heterocycles. The molecule has 182 valence electrons. The number of piperidine rings is 1. The lowest BCUT2D eigenvalue weighted by atomic mass is 9.73. The minimum atomic E-state index is -0.647. The maximum Gasteiger partial charge on any atom is 0.260 e. The summed E-state index contributed by atoms with van der Waals surface area (Å²) in [6, 6.07) is 25.6. The molecule has 1 aliphatic heterocycles. The van der Waals surface area contributed by atoms with E-state index in [2.05, 4.69) is 5.32 Å². The fourth-order valence-corrected chi connectivity index (χ4v) is 4.57. The molecule has 0 atom stereocenters. The van der Waals surface area contributed by atoms with Crippen LogP contribution in [-0.4, -0.2) is 43.0 Å². The van der Waals surface area contributed by atoms with E-state index in [1.54, 1.807) is 17.0 Å². The van der Waals surface area contributed by atoms with E-state index in [1.807, 2.05) is 60.7 Å². The first-order valence-corrected chi connectivity index (χ1v) is 12.1. The van der Waals surface area contributed by atoms with Gasteiger partial charge in [-0.25, -0.2) is 4.39 Å². The van der Waals surface area contributed by atoms with Crippen molar-refractivity contribution >= 4 is 11.8 Å². The van der Waals surface area contributed by atoms with E-state index in [4.69, 9.17) is 4.74 Å². The van der Waals surface area contributed by atoms with Gasteiger partial charge in [-0.2, -0.15) is 0 Å². The van der Waals surface area contributed by atoms with Crippen LogP contribution in [-0.2, 0) is 22.4 Å². The van der Waals surface area contributed by atoms with Crippen molar-refractivity contribution in [3.05, 3.63) is 102 Å². The van der Waals surface area contributed by atoms with Crippen LogP contribution in [0.4, 0.5) is 4.39 Å². The fraction of sp³-hybridized carbons (Fsp3) is 0.310. The molecule has 1 fully saturated rings. The molecule has 0 spiro atoms. The molecule has 3 aromatic rings. The van der Waals surface area contributed by atoms with Crippen molar-refractivity contribution in [3.63, 3.8) is 0 Å². The zero-order chi connectivity index (χ0) is 24.5. The Morgan fingerprint density at radius 2 is 1.49 bits per heavy atom. The van der Waals surface area contributed by atoms with E-state index < -0.39 is 5.41 Å². The van der Waals surface area contributed by atoms with Crippen molar-refractivity contribution in [3.8, 4) is 5.75 Å². The third-order valence-corrected chi connectivity index (χ3v) is 6.66. The highest BCUT2D eigenvalue weighted by Crippen LogP contribution is 2.36. The van der Waals surface area contributed by atoms with Gasteiger partial charge >= 0.3 is 0 Å². The maximum atomic E-state index is 13.5. The van der Waals surface area contributed by atoms with Crippen LogP contribution in [0.5, 0.6) is 5.75 Å². The predicted molar refractivity (Wildman–Crippen MR) is 133 cm³/mol. The molecule has 5 nitrogen and oxygen atoms in total. The van der Waals surface area contributed by atoms with Crippen molar-refractivity contribution in [2.24, 2.45) is 5.41 Å². The van der Waals surface area contributed by atoms with Crippen molar-refractivity contribution in [1.82, 2.24) is 10.2 Å². The molecule has 0 unspecified atom stereocenters. The summed E-state index contributed by atoms with van der Waals surface area (Å²) >= 11 is 0. The molecule has 1 heterocycles. The number of amides is 2. The van der Waals surface area contributed by atoms with Gasteiger partial charge in [-0.15, -0.1) is 0 Å². The minimum Gasteiger partial charge on any atom is -0.484 e. The molecule has 35 heavy (non-hydrogen) atoms. The number of carbonyl (C=O) groups excluding carboxylic acids is 2. The number of likely N-dealkylation sites (tertiary alicyclic amines) is 1. The first kappa shape index (κ1) is 24.5. The molecule has 0 aliphatic carbocycles. The predicted octanol–water partition coefficient (Wildman–Crippen LogP) is 4.41. The van der Waals surface area contributed by atoms with Crippen LogP contribution >= 0.6 is 0 Å². The number of para-hydroxylation sites is 1. The lowest BCUT2D eigenvalue weighted by Crippen LogP contribution is -2.52. The topological polar surface area (TPSA) is 58.6 Å². The van der Waals surface area contributed by atoms with E-state index in [-0.39, 0.29) is 24.2 Å². The summed E-state index contributed by atoms with van der Waals surface area (Å²) in [7, 11) is 0. The molecule has 3 aromatic carbocycles. The minimum absolute atomic E-state index is 0.00890. The number of nitrogens with zero attached hydrogens (tertiary/aromatic N) is 1. The van der Waals surface area contributed by atoms with Crippen molar-refractivity contribution in [1.29, 1.82) is 0 Å². The van der Waals surface area contributed by atoms with Gasteiger partial charge in [0.2, 0.25) is 5.91 Å². The fourth-order valence-electron chi connectivity index (χ4n) is 4.57. The molecule has 0 aromatic heterocycles. The molecule has 2 amide bonds. The number of hydrogen-bond acceptors (Lipinski definition) is 3. The Morgan fingerprint density at radius 1 is 0.857 bits per heavy atom. The third kappa shape index (κ3) is 6.69. The number of halogens is 1. The summed E-state index contributed by atoms with van der Waals surface area (Å²) in [5, 5.41) is 3.12. The summed E-state index contributed by atoms with van der Waals surface area (Å²) in [6.07, 6.45) is 2.34. The number of nitrogens with one attached hydrogen (secondary N) is 1. The highest BCUT2D eigenvalue weighted by Gasteiger charge is 2.42. The summed E-state index contributed by atoms with van der Waals surface area (Å²) in [5.74, 6) is 0.259. The molecule has 1 aliphatic rings. The Hall–Kier alpha value is -3.67. The average Bonchev–Trinajstić information content (AvgIpc) is 2.90. The Morgan fingerprint density at radius 3 is 2.14 bits per heavy atom. The number of ether oxygens (including phenoxy) is 1. The molecular weight excluding hydrogens is 443 g/mol. The number of carbonyl (C=O) groups is 2. The van der Waals surface area contributed by atoms with Crippen molar-refractivity contribution in [2.75, 3.05) is 26.2 Å². The highest BCUT2D eigenvalue weighted by atomic mass is 19.1. The second-order valence-electron chi connectivity index (χ2n) is 9.06. The Bertz CT molecular complexity index is 1100. The number of benzene rings is 3. The lowest BCUT2D eigenvalue weighted by Gasteiger charge is -2.41. The Labute approximate surface area is 205 Å². The molecule has 0 saturated carbocycles. The molecular formula is C29H31FN2O3. The SMILES string of the molecule is O=C(COc1ccccc1)N1CCC(Cc2ccc(F)cc2)(C(=O)NCCc2ccccc2)CC1. The molecule has 0 bridgehead atoms. The first-order chi connectivity index (χ1) is 17.0.